The number of anilines is 2. The van der Waals surface area contributed by atoms with Crippen LogP contribution < -0.4 is 5.32 Å². The Hall–Kier alpha value is -2.15. The molecule has 6 nitrogen and oxygen atoms in total. The van der Waals surface area contributed by atoms with Crippen molar-refractivity contribution in [1.29, 1.82) is 0 Å². The summed E-state index contributed by atoms with van der Waals surface area (Å²) in [5, 5.41) is 17.5. The molecule has 100 valence electrons. The maximum absolute atomic E-state index is 13.2. The molecule has 0 unspecified atom stereocenters. The third-order valence-corrected chi connectivity index (χ3v) is 2.76. The van der Waals surface area contributed by atoms with Crippen LogP contribution >= 0.6 is 11.6 Å². The van der Waals surface area contributed by atoms with Crippen LogP contribution in [0.1, 0.15) is 6.92 Å². The zero-order valence-electron chi connectivity index (χ0n) is 9.93. The highest BCUT2D eigenvalue weighted by Crippen LogP contribution is 2.32. The molecular formula is C11H10ClFN4O2. The summed E-state index contributed by atoms with van der Waals surface area (Å²) in [4.78, 5) is 10.2. The number of benzene rings is 1. The molecular weight excluding hydrogens is 275 g/mol. The van der Waals surface area contributed by atoms with Gasteiger partial charge in [-0.05, 0) is 13.0 Å². The Balaban J connectivity index is 2.38. The van der Waals surface area contributed by atoms with E-state index in [0.717, 1.165) is 6.07 Å². The first-order chi connectivity index (χ1) is 9.01. The molecule has 2 aromatic rings. The lowest BCUT2D eigenvalue weighted by Crippen LogP contribution is -1.98. The van der Waals surface area contributed by atoms with E-state index in [4.69, 9.17) is 11.6 Å². The fourth-order valence-corrected chi connectivity index (χ4v) is 1.71. The molecule has 0 radical (unpaired) electrons. The van der Waals surface area contributed by atoms with E-state index in [1.807, 2.05) is 6.92 Å². The van der Waals surface area contributed by atoms with E-state index in [-0.39, 0.29) is 16.4 Å². The number of nitro benzene ring substituents is 1. The third-order valence-electron chi connectivity index (χ3n) is 2.47. The number of hydrogen-bond acceptors (Lipinski definition) is 4. The molecule has 8 heteroatoms. The van der Waals surface area contributed by atoms with Gasteiger partial charge < -0.3 is 5.32 Å². The van der Waals surface area contributed by atoms with Crippen LogP contribution in [-0.4, -0.2) is 14.7 Å². The predicted molar refractivity (Wildman–Crippen MR) is 69.2 cm³/mol. The van der Waals surface area contributed by atoms with Crippen molar-refractivity contribution < 1.29 is 9.31 Å². The maximum atomic E-state index is 13.2. The summed E-state index contributed by atoms with van der Waals surface area (Å²) >= 11 is 5.63. The molecule has 2 rings (SSSR count). The summed E-state index contributed by atoms with van der Waals surface area (Å²) in [5.74, 6) is -0.830. The van der Waals surface area contributed by atoms with Gasteiger partial charge in [0.25, 0.3) is 5.69 Å². The molecule has 0 saturated carbocycles. The number of nitrogens with one attached hydrogen (secondary N) is 1. The first kappa shape index (κ1) is 13.3. The number of nitrogens with zero attached hydrogens (tertiary/aromatic N) is 3. The molecule has 0 aliphatic carbocycles. The highest BCUT2D eigenvalue weighted by molar-refractivity contribution is 6.31. The van der Waals surface area contributed by atoms with Crippen LogP contribution in [0.5, 0.6) is 0 Å². The second kappa shape index (κ2) is 5.23. The van der Waals surface area contributed by atoms with Crippen LogP contribution in [0.3, 0.4) is 0 Å². The summed E-state index contributed by atoms with van der Waals surface area (Å²) in [6.45, 7) is 2.59. The summed E-state index contributed by atoms with van der Waals surface area (Å²) in [5.41, 5.74) is 0.297. The molecule has 0 bridgehead atoms. The lowest BCUT2D eigenvalue weighted by atomic mass is 10.2. The average Bonchev–Trinajstić information content (AvgIpc) is 2.81. The van der Waals surface area contributed by atoms with Crippen LogP contribution in [0.15, 0.2) is 24.5 Å². The van der Waals surface area contributed by atoms with Crippen molar-refractivity contribution in [2.45, 2.75) is 13.5 Å². The van der Waals surface area contributed by atoms with Crippen LogP contribution in [-0.2, 0) is 6.54 Å². The Kier molecular flexibility index (Phi) is 3.66. The average molecular weight is 285 g/mol. The van der Waals surface area contributed by atoms with Crippen molar-refractivity contribution in [2.75, 3.05) is 5.32 Å². The quantitative estimate of drug-likeness (QED) is 0.690. The van der Waals surface area contributed by atoms with Crippen LogP contribution in [0.25, 0.3) is 0 Å². The predicted octanol–water partition coefficient (Wildman–Crippen LogP) is 3.35. The van der Waals surface area contributed by atoms with Gasteiger partial charge in [-0.2, -0.15) is 5.10 Å². The van der Waals surface area contributed by atoms with E-state index in [2.05, 4.69) is 10.4 Å². The van der Waals surface area contributed by atoms with Crippen molar-refractivity contribution >= 4 is 28.7 Å². The fourth-order valence-electron chi connectivity index (χ4n) is 1.54. The number of aromatic nitrogens is 2. The fraction of sp³-hybridized carbons (Fsp3) is 0.182. The van der Waals surface area contributed by atoms with E-state index < -0.39 is 10.7 Å². The Labute approximate surface area is 112 Å². The first-order valence-corrected chi connectivity index (χ1v) is 5.82. The minimum Gasteiger partial charge on any atom is -0.347 e. The summed E-state index contributed by atoms with van der Waals surface area (Å²) < 4.78 is 14.9. The monoisotopic (exact) mass is 284 g/mol. The van der Waals surface area contributed by atoms with Gasteiger partial charge in [-0.3, -0.25) is 14.8 Å². The second-order valence-corrected chi connectivity index (χ2v) is 4.16. The minimum atomic E-state index is -0.830. The molecule has 19 heavy (non-hydrogen) atoms. The van der Waals surface area contributed by atoms with Gasteiger partial charge in [0.05, 0.1) is 27.9 Å². The van der Waals surface area contributed by atoms with Crippen molar-refractivity contribution in [3.05, 3.63) is 45.5 Å². The SMILES string of the molecule is CCn1cc(Nc2cc(Cl)c(F)cc2[N+](=O)[O-])cn1. The van der Waals surface area contributed by atoms with Crippen molar-refractivity contribution in [3.63, 3.8) is 0 Å². The lowest BCUT2D eigenvalue weighted by molar-refractivity contribution is -0.384. The lowest BCUT2D eigenvalue weighted by Gasteiger charge is -2.05. The summed E-state index contributed by atoms with van der Waals surface area (Å²) in [6.07, 6.45) is 3.20. The zero-order chi connectivity index (χ0) is 14.0. The number of aryl methyl sites for hydroxylation is 1. The van der Waals surface area contributed by atoms with Crippen LogP contribution in [0.2, 0.25) is 5.02 Å². The minimum absolute atomic E-state index is 0.118. The molecule has 1 heterocycles. The first-order valence-electron chi connectivity index (χ1n) is 5.44. The Morgan fingerprint density at radius 2 is 2.32 bits per heavy atom. The van der Waals surface area contributed by atoms with Crippen molar-refractivity contribution in [1.82, 2.24) is 9.78 Å². The van der Waals surface area contributed by atoms with Gasteiger partial charge in [0, 0.05) is 12.7 Å². The van der Waals surface area contributed by atoms with Crippen LogP contribution in [0, 0.1) is 15.9 Å². The molecule has 0 aliphatic rings. The highest BCUT2D eigenvalue weighted by Gasteiger charge is 2.18. The molecule has 0 amide bonds. The molecule has 0 spiro atoms. The van der Waals surface area contributed by atoms with Gasteiger partial charge in [0.1, 0.15) is 11.5 Å². The van der Waals surface area contributed by atoms with Gasteiger partial charge in [0.15, 0.2) is 0 Å². The molecule has 0 aliphatic heterocycles. The van der Waals surface area contributed by atoms with E-state index in [1.165, 1.54) is 12.3 Å². The smallest absolute Gasteiger partial charge is 0.295 e. The van der Waals surface area contributed by atoms with Crippen molar-refractivity contribution in [3.8, 4) is 0 Å². The number of nitro groups is 1. The Morgan fingerprint density at radius 3 is 2.89 bits per heavy atom. The zero-order valence-corrected chi connectivity index (χ0v) is 10.7. The van der Waals surface area contributed by atoms with E-state index in [9.17, 15) is 14.5 Å². The Bertz CT molecular complexity index is 629. The molecule has 0 atom stereocenters. The molecule has 0 fully saturated rings. The third kappa shape index (κ3) is 2.82. The standard InChI is InChI=1S/C11H10ClFN4O2/c1-2-16-6-7(5-14-16)15-10-3-8(12)9(13)4-11(10)17(18)19/h3-6,15H,2H2,1H3. The topological polar surface area (TPSA) is 73.0 Å². The van der Waals surface area contributed by atoms with Gasteiger partial charge in [-0.25, -0.2) is 4.39 Å². The molecule has 0 saturated heterocycles. The van der Waals surface area contributed by atoms with Gasteiger partial charge in [0.2, 0.25) is 0 Å². The molecule has 1 aromatic heterocycles. The van der Waals surface area contributed by atoms with E-state index in [1.54, 1.807) is 10.9 Å². The number of hydrogen-bond donors (Lipinski definition) is 1. The summed E-state index contributed by atoms with van der Waals surface area (Å²) in [6, 6.07) is 1.97. The van der Waals surface area contributed by atoms with Crippen LogP contribution in [0.4, 0.5) is 21.5 Å². The second-order valence-electron chi connectivity index (χ2n) is 3.75. The van der Waals surface area contributed by atoms with E-state index in [0.29, 0.717) is 12.2 Å². The summed E-state index contributed by atoms with van der Waals surface area (Å²) in [7, 11) is 0. The highest BCUT2D eigenvalue weighted by atomic mass is 35.5. The number of rotatable bonds is 4. The normalized spacial score (nSPS) is 10.5. The molecule has 1 N–H and O–H groups in total. The van der Waals surface area contributed by atoms with Gasteiger partial charge in [-0.15, -0.1) is 0 Å². The largest absolute Gasteiger partial charge is 0.347 e. The van der Waals surface area contributed by atoms with Crippen molar-refractivity contribution in [2.24, 2.45) is 0 Å². The van der Waals surface area contributed by atoms with E-state index >= 15 is 0 Å². The number of halogens is 2. The van der Waals surface area contributed by atoms with Gasteiger partial charge in [-0.1, -0.05) is 11.6 Å². The molecule has 1 aromatic carbocycles. The Morgan fingerprint density at radius 1 is 1.58 bits per heavy atom. The maximum Gasteiger partial charge on any atom is 0.295 e. The van der Waals surface area contributed by atoms with Gasteiger partial charge >= 0.3 is 0 Å².